The summed E-state index contributed by atoms with van der Waals surface area (Å²) in [6.07, 6.45) is 0. The zero-order valence-corrected chi connectivity index (χ0v) is 14.9. The smallest absolute Gasteiger partial charge is 0.236 e. The minimum atomic E-state index is -0.322. The Morgan fingerprint density at radius 2 is 1.74 bits per heavy atom. The van der Waals surface area contributed by atoms with Crippen LogP contribution in [-0.4, -0.2) is 23.1 Å². The van der Waals surface area contributed by atoms with Gasteiger partial charge in [-0.1, -0.05) is 29.8 Å². The molecule has 2 unspecified atom stereocenters. The lowest BCUT2D eigenvalue weighted by Crippen LogP contribution is -2.35. The highest BCUT2D eigenvalue weighted by Crippen LogP contribution is 2.28. The molecule has 0 aliphatic carbocycles. The topological polar surface area (TPSA) is 20.3 Å². The van der Waals surface area contributed by atoms with Crippen LogP contribution in [-0.2, 0) is 4.79 Å². The zero-order chi connectivity index (χ0) is 17.0. The average Bonchev–Trinajstić information content (AvgIpc) is 2.55. The van der Waals surface area contributed by atoms with Gasteiger partial charge in [0.25, 0.3) is 0 Å². The van der Waals surface area contributed by atoms with E-state index in [0.29, 0.717) is 10.6 Å². The van der Waals surface area contributed by atoms with Crippen molar-refractivity contribution in [3.63, 3.8) is 0 Å². The Morgan fingerprint density at radius 1 is 1.13 bits per heavy atom. The summed E-state index contributed by atoms with van der Waals surface area (Å²) >= 11 is 7.33. The van der Waals surface area contributed by atoms with E-state index in [1.54, 1.807) is 42.3 Å². The van der Waals surface area contributed by atoms with E-state index in [-0.39, 0.29) is 23.0 Å². The summed E-state index contributed by atoms with van der Waals surface area (Å²) in [4.78, 5) is 15.2. The first-order chi connectivity index (χ1) is 10.9. The van der Waals surface area contributed by atoms with E-state index in [0.717, 1.165) is 4.90 Å². The molecule has 5 heteroatoms. The van der Waals surface area contributed by atoms with Crippen molar-refractivity contribution in [1.29, 1.82) is 0 Å². The molecule has 2 aromatic carbocycles. The molecule has 122 valence electrons. The Labute approximate surface area is 145 Å². The fourth-order valence-corrected chi connectivity index (χ4v) is 3.36. The summed E-state index contributed by atoms with van der Waals surface area (Å²) in [6.45, 7) is 3.68. The predicted octanol–water partition coefficient (Wildman–Crippen LogP) is 5.18. The molecule has 0 heterocycles. The van der Waals surface area contributed by atoms with Crippen LogP contribution in [0.25, 0.3) is 0 Å². The molecule has 0 aromatic heterocycles. The van der Waals surface area contributed by atoms with Crippen LogP contribution < -0.4 is 0 Å². The monoisotopic (exact) mass is 351 g/mol. The maximum Gasteiger partial charge on any atom is 0.236 e. The number of benzene rings is 2. The van der Waals surface area contributed by atoms with Gasteiger partial charge < -0.3 is 4.90 Å². The van der Waals surface area contributed by atoms with E-state index in [4.69, 9.17) is 11.6 Å². The number of hydrogen-bond donors (Lipinski definition) is 0. The van der Waals surface area contributed by atoms with Gasteiger partial charge >= 0.3 is 0 Å². The summed E-state index contributed by atoms with van der Waals surface area (Å²) in [5, 5.41) is 0.397. The van der Waals surface area contributed by atoms with E-state index >= 15 is 0 Å². The lowest BCUT2D eigenvalue weighted by Gasteiger charge is -2.28. The summed E-state index contributed by atoms with van der Waals surface area (Å²) in [5.74, 6) is -0.335. The number of rotatable bonds is 5. The number of halogens is 2. The first-order valence-electron chi connectivity index (χ1n) is 7.33. The molecular weight excluding hydrogens is 333 g/mol. The lowest BCUT2D eigenvalue weighted by atomic mass is 10.1. The van der Waals surface area contributed by atoms with E-state index < -0.39 is 0 Å². The summed E-state index contributed by atoms with van der Waals surface area (Å²) < 4.78 is 13.9. The molecule has 2 rings (SSSR count). The van der Waals surface area contributed by atoms with Crippen LogP contribution in [0.5, 0.6) is 0 Å². The summed E-state index contributed by atoms with van der Waals surface area (Å²) in [6, 6.07) is 13.6. The normalized spacial score (nSPS) is 13.4. The Morgan fingerprint density at radius 3 is 2.35 bits per heavy atom. The van der Waals surface area contributed by atoms with Gasteiger partial charge in [0.1, 0.15) is 5.82 Å². The van der Waals surface area contributed by atoms with Crippen molar-refractivity contribution in [2.24, 2.45) is 0 Å². The molecule has 0 bridgehead atoms. The number of carbonyl (C=O) groups is 1. The Kier molecular flexibility index (Phi) is 6.08. The number of nitrogens with zero attached hydrogens (tertiary/aromatic N) is 1. The second-order valence-electron chi connectivity index (χ2n) is 5.36. The Bertz CT molecular complexity index is 677. The van der Waals surface area contributed by atoms with Crippen molar-refractivity contribution in [2.45, 2.75) is 30.0 Å². The van der Waals surface area contributed by atoms with Crippen LogP contribution in [0.4, 0.5) is 4.39 Å². The van der Waals surface area contributed by atoms with E-state index in [1.807, 2.05) is 26.0 Å². The molecule has 0 N–H and O–H groups in total. The van der Waals surface area contributed by atoms with Crippen molar-refractivity contribution in [3.8, 4) is 0 Å². The van der Waals surface area contributed by atoms with E-state index in [2.05, 4.69) is 0 Å². The third kappa shape index (κ3) is 4.49. The third-order valence-corrected chi connectivity index (χ3v) is 5.11. The molecular formula is C18H19ClFNOS. The minimum absolute atomic E-state index is 0.0410. The van der Waals surface area contributed by atoms with Gasteiger partial charge in [0.05, 0.1) is 11.3 Å². The van der Waals surface area contributed by atoms with Crippen LogP contribution in [0, 0.1) is 5.82 Å². The van der Waals surface area contributed by atoms with Gasteiger partial charge in [0.2, 0.25) is 5.91 Å². The van der Waals surface area contributed by atoms with Crippen molar-refractivity contribution in [2.75, 3.05) is 7.05 Å². The van der Waals surface area contributed by atoms with Gasteiger partial charge in [-0.15, -0.1) is 11.8 Å². The standard InChI is InChI=1S/C18H19ClFNOS/c1-12(16-6-4-5-7-17(16)20)21(3)18(22)13(2)23-15-10-8-14(19)9-11-15/h4-13H,1-3H3. The molecule has 0 fully saturated rings. The van der Waals surface area contributed by atoms with Gasteiger partial charge in [0.15, 0.2) is 0 Å². The van der Waals surface area contributed by atoms with Crippen molar-refractivity contribution < 1.29 is 9.18 Å². The van der Waals surface area contributed by atoms with E-state index in [1.165, 1.54) is 17.8 Å². The Balaban J connectivity index is 2.06. The first kappa shape index (κ1) is 17.8. The average molecular weight is 352 g/mol. The molecule has 2 atom stereocenters. The molecule has 23 heavy (non-hydrogen) atoms. The lowest BCUT2D eigenvalue weighted by molar-refractivity contribution is -0.130. The maximum atomic E-state index is 13.9. The number of thioether (sulfide) groups is 1. The van der Waals surface area contributed by atoms with Crippen molar-refractivity contribution in [1.82, 2.24) is 4.90 Å². The van der Waals surface area contributed by atoms with Gasteiger partial charge in [-0.3, -0.25) is 4.79 Å². The fraction of sp³-hybridized carbons (Fsp3) is 0.278. The summed E-state index contributed by atoms with van der Waals surface area (Å²) in [7, 11) is 1.71. The number of carbonyl (C=O) groups excluding carboxylic acids is 1. The molecule has 1 amide bonds. The Hall–Kier alpha value is -1.52. The molecule has 0 spiro atoms. The summed E-state index contributed by atoms with van der Waals surface area (Å²) in [5.41, 5.74) is 0.520. The number of amides is 1. The largest absolute Gasteiger partial charge is 0.338 e. The highest BCUT2D eigenvalue weighted by atomic mass is 35.5. The maximum absolute atomic E-state index is 13.9. The molecule has 0 aliphatic heterocycles. The van der Waals surface area contributed by atoms with Crippen LogP contribution >= 0.6 is 23.4 Å². The van der Waals surface area contributed by atoms with E-state index in [9.17, 15) is 9.18 Å². The van der Waals surface area contributed by atoms with Crippen LogP contribution in [0.15, 0.2) is 53.4 Å². The molecule has 0 aliphatic rings. The van der Waals surface area contributed by atoms with Gasteiger partial charge in [-0.2, -0.15) is 0 Å². The van der Waals surface area contributed by atoms with Gasteiger partial charge in [0, 0.05) is 22.5 Å². The molecule has 2 nitrogen and oxygen atoms in total. The van der Waals surface area contributed by atoms with Crippen LogP contribution in [0.3, 0.4) is 0 Å². The molecule has 0 radical (unpaired) electrons. The van der Waals surface area contributed by atoms with Crippen molar-refractivity contribution in [3.05, 3.63) is 64.9 Å². The minimum Gasteiger partial charge on any atom is -0.338 e. The molecule has 0 saturated heterocycles. The van der Waals surface area contributed by atoms with Gasteiger partial charge in [-0.05, 0) is 44.2 Å². The predicted molar refractivity (Wildman–Crippen MR) is 94.4 cm³/mol. The van der Waals surface area contributed by atoms with Gasteiger partial charge in [-0.25, -0.2) is 4.39 Å². The third-order valence-electron chi connectivity index (χ3n) is 3.76. The second-order valence-corrected chi connectivity index (χ2v) is 7.21. The fourth-order valence-electron chi connectivity index (χ4n) is 2.27. The highest BCUT2D eigenvalue weighted by Gasteiger charge is 2.24. The SMILES string of the molecule is CC(Sc1ccc(Cl)cc1)C(=O)N(C)C(C)c1ccccc1F. The van der Waals surface area contributed by atoms with Crippen molar-refractivity contribution >= 4 is 29.3 Å². The molecule has 0 saturated carbocycles. The molecule has 2 aromatic rings. The van der Waals surface area contributed by atoms with Crippen LogP contribution in [0.2, 0.25) is 5.02 Å². The number of hydrogen-bond acceptors (Lipinski definition) is 2. The highest BCUT2D eigenvalue weighted by molar-refractivity contribution is 8.00. The van der Waals surface area contributed by atoms with Crippen LogP contribution in [0.1, 0.15) is 25.5 Å². The quantitative estimate of drug-likeness (QED) is 0.692. The zero-order valence-electron chi connectivity index (χ0n) is 13.3. The second kappa shape index (κ2) is 7.84. The first-order valence-corrected chi connectivity index (χ1v) is 8.59.